The Labute approximate surface area is 175 Å². The van der Waals surface area contributed by atoms with Gasteiger partial charge in [-0.3, -0.25) is 14.3 Å². The van der Waals surface area contributed by atoms with Crippen LogP contribution in [0.1, 0.15) is 13.2 Å². The van der Waals surface area contributed by atoms with E-state index < -0.39 is 71.5 Å². The fourth-order valence-electron chi connectivity index (χ4n) is 2.65. The Morgan fingerprint density at radius 2 is 1.84 bits per heavy atom. The van der Waals surface area contributed by atoms with Crippen LogP contribution >= 0.6 is 23.5 Å². The molecule has 0 amide bonds. The number of phosphoric acid groups is 3. The Hall–Kier alpha value is -1.17. The molecule has 3 unspecified atom stereocenters. The van der Waals surface area contributed by atoms with E-state index in [0.717, 1.165) is 6.92 Å². The Balaban J connectivity index is 2.26. The van der Waals surface area contributed by atoms with Crippen molar-refractivity contribution in [3.63, 3.8) is 0 Å². The number of rotatable bonds is 9. The number of H-pyrrole nitrogens is 1. The van der Waals surface area contributed by atoms with Crippen molar-refractivity contribution in [1.29, 1.82) is 0 Å². The van der Waals surface area contributed by atoms with E-state index in [9.17, 15) is 42.8 Å². The fraction of sp³-hybridized carbons (Fsp3) is 0.700. The second-order valence-corrected chi connectivity index (χ2v) is 10.7. The van der Waals surface area contributed by atoms with Gasteiger partial charge in [-0.15, -0.1) is 0 Å². The van der Waals surface area contributed by atoms with Gasteiger partial charge in [-0.25, -0.2) is 22.9 Å². The Morgan fingerprint density at radius 1 is 1.25 bits per heavy atom. The van der Waals surface area contributed by atoms with Crippen LogP contribution in [-0.2, 0) is 31.6 Å². The van der Waals surface area contributed by atoms with Gasteiger partial charge in [0.05, 0.1) is 6.10 Å². The molecule has 0 aromatic carbocycles. The predicted molar refractivity (Wildman–Crippen MR) is 94.4 cm³/mol. The summed E-state index contributed by atoms with van der Waals surface area (Å²) >= 11 is 0. The number of halogens is 1. The molecule has 0 saturated carbocycles. The number of ether oxygens (including phenoxy) is 1. The average Bonchev–Trinajstić information content (AvgIpc) is 2.84. The summed E-state index contributed by atoms with van der Waals surface area (Å²) in [6.45, 7) is -0.860. The number of hydrogen-bond donors (Lipinski definition) is 7. The van der Waals surface area contributed by atoms with E-state index in [-0.39, 0.29) is 4.68 Å². The number of hydrogen-bond acceptors (Lipinski definition) is 12. The van der Waals surface area contributed by atoms with Crippen LogP contribution in [0.15, 0.2) is 15.8 Å². The molecule has 18 nitrogen and oxygen atoms in total. The van der Waals surface area contributed by atoms with E-state index >= 15 is 0 Å². The first kappa shape index (κ1) is 27.1. The third-order valence-corrected chi connectivity index (χ3v) is 7.82. The van der Waals surface area contributed by atoms with Crippen LogP contribution in [0.2, 0.25) is 0 Å². The zero-order valence-corrected chi connectivity index (χ0v) is 18.2. The molecule has 22 heteroatoms. The van der Waals surface area contributed by atoms with Crippen LogP contribution in [0.25, 0.3) is 0 Å². The van der Waals surface area contributed by atoms with Gasteiger partial charge >= 0.3 is 29.2 Å². The Kier molecular flexibility index (Phi) is 7.81. The van der Waals surface area contributed by atoms with Crippen LogP contribution in [0.3, 0.4) is 0 Å². The van der Waals surface area contributed by atoms with E-state index in [2.05, 4.69) is 18.2 Å². The Bertz CT molecular complexity index is 1100. The summed E-state index contributed by atoms with van der Waals surface area (Å²) in [4.78, 5) is 60.5. The highest BCUT2D eigenvalue weighted by molar-refractivity contribution is 7.66. The van der Waals surface area contributed by atoms with Gasteiger partial charge in [0, 0.05) is 0 Å². The number of alkyl halides is 1. The second-order valence-electron chi connectivity index (χ2n) is 6.31. The zero-order valence-electron chi connectivity index (χ0n) is 15.6. The largest absolute Gasteiger partial charge is 0.490 e. The van der Waals surface area contributed by atoms with Crippen LogP contribution in [0, 0.1) is 0 Å². The molecule has 1 fully saturated rings. The molecule has 1 saturated heterocycles. The molecule has 0 radical (unpaired) electrons. The summed E-state index contributed by atoms with van der Waals surface area (Å²) < 4.78 is 64.5. The fourth-order valence-corrected chi connectivity index (χ4v) is 5.85. The lowest BCUT2D eigenvalue weighted by Gasteiger charge is -2.28. The van der Waals surface area contributed by atoms with Crippen molar-refractivity contribution in [1.82, 2.24) is 14.8 Å². The van der Waals surface area contributed by atoms with Crippen LogP contribution in [0.4, 0.5) is 4.39 Å². The maximum atomic E-state index is 13.6. The van der Waals surface area contributed by atoms with Crippen molar-refractivity contribution in [3.8, 4) is 0 Å². The molecule has 1 aliphatic heterocycles. The number of aromatic amines is 1. The monoisotopic (exact) mass is 531 g/mol. The highest BCUT2D eigenvalue weighted by Crippen LogP contribution is 2.66. The minimum absolute atomic E-state index is 0.266. The number of aliphatic hydroxyl groups excluding tert-OH is 1. The van der Waals surface area contributed by atoms with Crippen molar-refractivity contribution >= 4 is 23.5 Å². The van der Waals surface area contributed by atoms with Gasteiger partial charge < -0.3 is 34.5 Å². The lowest BCUT2D eigenvalue weighted by atomic mass is 9.94. The summed E-state index contributed by atoms with van der Waals surface area (Å²) in [5, 5.41) is 24.1. The highest BCUT2D eigenvalue weighted by atomic mass is 31.3. The molecule has 1 aromatic rings. The average molecular weight is 531 g/mol. The summed E-state index contributed by atoms with van der Waals surface area (Å²) in [6, 6.07) is 0. The minimum Gasteiger partial charge on any atom is -0.387 e. The quantitative estimate of drug-likeness (QED) is 0.164. The van der Waals surface area contributed by atoms with Crippen LogP contribution in [0.5, 0.6) is 0 Å². The van der Waals surface area contributed by atoms with Crippen molar-refractivity contribution < 1.29 is 65.8 Å². The number of aromatic nitrogens is 3. The van der Waals surface area contributed by atoms with Crippen molar-refractivity contribution in [2.75, 3.05) is 6.67 Å². The molecule has 7 atom stereocenters. The Morgan fingerprint density at radius 3 is 2.34 bits per heavy atom. The highest BCUT2D eigenvalue weighted by Gasteiger charge is 2.59. The third kappa shape index (κ3) is 6.24. The third-order valence-electron chi connectivity index (χ3n) is 3.89. The molecule has 0 aliphatic carbocycles. The first-order valence-electron chi connectivity index (χ1n) is 8.03. The topological polar surface area (TPSA) is 277 Å². The van der Waals surface area contributed by atoms with Gasteiger partial charge in [0.1, 0.15) is 25.1 Å². The molecule has 1 aromatic heterocycles. The van der Waals surface area contributed by atoms with E-state index in [1.807, 2.05) is 0 Å². The molecule has 2 heterocycles. The zero-order chi connectivity index (χ0) is 24.7. The standard InChI is InChI=1S/C10H17FN3O15P3/c1-4(27-31(22,23)29-32(24,25)28-30(19,20)21)6-7(16)10(18,3-11)8(26-6)14-9(17)13-5(15)2-12-14/h2,4,6-8,16,18H,3H2,1H3,(H,22,23)(H,24,25)(H,13,15,17)(H2,19,20,21)/t4-,6-,7+,8-,10?/m1/s1. The van der Waals surface area contributed by atoms with Crippen LogP contribution in [-0.4, -0.2) is 75.1 Å². The van der Waals surface area contributed by atoms with Gasteiger partial charge in [0.2, 0.25) is 0 Å². The van der Waals surface area contributed by atoms with Gasteiger partial charge in [0.15, 0.2) is 11.8 Å². The molecule has 0 spiro atoms. The van der Waals surface area contributed by atoms with Crippen molar-refractivity contribution in [2.24, 2.45) is 0 Å². The molecule has 2 rings (SSSR count). The van der Waals surface area contributed by atoms with E-state index in [1.165, 1.54) is 0 Å². The predicted octanol–water partition coefficient (Wildman–Crippen LogP) is -2.38. The van der Waals surface area contributed by atoms with Crippen molar-refractivity contribution in [2.45, 2.75) is 37.1 Å². The van der Waals surface area contributed by atoms with E-state index in [1.54, 1.807) is 4.98 Å². The summed E-state index contributed by atoms with van der Waals surface area (Å²) in [5.41, 5.74) is -5.11. The minimum atomic E-state index is -5.84. The van der Waals surface area contributed by atoms with Gasteiger partial charge in [0.25, 0.3) is 5.56 Å². The normalized spacial score (nSPS) is 31.1. The van der Waals surface area contributed by atoms with Gasteiger partial charge in [-0.1, -0.05) is 0 Å². The number of phosphoric ester groups is 1. The number of aliphatic hydroxyl groups is 2. The maximum Gasteiger partial charge on any atom is 0.490 e. The summed E-state index contributed by atoms with van der Waals surface area (Å²) in [6.07, 6.45) is -7.55. The summed E-state index contributed by atoms with van der Waals surface area (Å²) in [5.74, 6) is 0. The molecule has 184 valence electrons. The van der Waals surface area contributed by atoms with Crippen molar-refractivity contribution in [3.05, 3.63) is 27.0 Å². The van der Waals surface area contributed by atoms with E-state index in [4.69, 9.17) is 19.4 Å². The first-order valence-corrected chi connectivity index (χ1v) is 12.5. The SMILES string of the molecule is C[C@@H](OP(=O)(O)OP(=O)(O)OP(=O)(O)O)[C@H]1O[C@@H](n2ncc(=O)[nH]c2=O)C(O)(CF)[C@H]1O. The molecular weight excluding hydrogens is 514 g/mol. The lowest BCUT2D eigenvalue weighted by Crippen LogP contribution is -2.52. The first-order chi connectivity index (χ1) is 14.4. The number of nitrogens with one attached hydrogen (secondary N) is 1. The van der Waals surface area contributed by atoms with Gasteiger partial charge in [-0.05, 0) is 6.92 Å². The number of nitrogens with zero attached hydrogens (tertiary/aromatic N) is 2. The molecule has 7 N–H and O–H groups in total. The summed E-state index contributed by atoms with van der Waals surface area (Å²) in [7, 11) is -17.2. The molecule has 32 heavy (non-hydrogen) atoms. The second kappa shape index (κ2) is 9.23. The van der Waals surface area contributed by atoms with Crippen LogP contribution < -0.4 is 11.2 Å². The molecule has 0 bridgehead atoms. The molecular formula is C10H17FN3O15P3. The smallest absolute Gasteiger partial charge is 0.387 e. The van der Waals surface area contributed by atoms with Gasteiger partial charge in [-0.2, -0.15) is 18.4 Å². The molecule has 1 aliphatic rings. The maximum absolute atomic E-state index is 13.6. The lowest BCUT2D eigenvalue weighted by molar-refractivity contribution is -0.127. The van der Waals surface area contributed by atoms with E-state index in [0.29, 0.717) is 6.20 Å².